The number of H-pyrrole nitrogens is 1. The van der Waals surface area contributed by atoms with Crippen LogP contribution in [0.25, 0.3) is 11.3 Å². The first kappa shape index (κ1) is 16.9. The zero-order valence-electron chi connectivity index (χ0n) is 15.2. The molecule has 1 saturated heterocycles. The van der Waals surface area contributed by atoms with Gasteiger partial charge in [-0.1, -0.05) is 30.3 Å². The van der Waals surface area contributed by atoms with Crippen LogP contribution in [0.4, 0.5) is 0 Å². The Bertz CT molecular complexity index is 826. The number of rotatable bonds is 6. The van der Waals surface area contributed by atoms with Gasteiger partial charge >= 0.3 is 0 Å². The molecule has 1 unspecified atom stereocenters. The molecule has 0 spiro atoms. The molecule has 3 aromatic rings. The topological polar surface area (TPSA) is 41.1 Å². The molecule has 1 aliphatic heterocycles. The van der Waals surface area contributed by atoms with Gasteiger partial charge in [0, 0.05) is 30.3 Å². The van der Waals surface area contributed by atoms with E-state index in [-0.39, 0.29) is 0 Å². The highest BCUT2D eigenvalue weighted by molar-refractivity contribution is 5.60. The lowest BCUT2D eigenvalue weighted by atomic mass is 10.0. The van der Waals surface area contributed by atoms with E-state index < -0.39 is 0 Å². The van der Waals surface area contributed by atoms with E-state index in [0.717, 1.165) is 43.1 Å². The highest BCUT2D eigenvalue weighted by atomic mass is 16.5. The summed E-state index contributed by atoms with van der Waals surface area (Å²) < 4.78 is 5.22. The largest absolute Gasteiger partial charge is 0.497 e. The van der Waals surface area contributed by atoms with Crippen LogP contribution in [0.3, 0.4) is 0 Å². The smallest absolute Gasteiger partial charge is 0.118 e. The average Bonchev–Trinajstić information content (AvgIpc) is 3.37. The molecular weight excluding hydrogens is 322 g/mol. The van der Waals surface area contributed by atoms with Crippen LogP contribution in [0.1, 0.15) is 23.6 Å². The second-order valence-electron chi connectivity index (χ2n) is 6.96. The first-order valence-corrected chi connectivity index (χ1v) is 9.28. The first-order valence-electron chi connectivity index (χ1n) is 9.28. The molecule has 4 rings (SSSR count). The third-order valence-electron chi connectivity index (χ3n) is 5.26. The molecule has 1 aliphatic rings. The van der Waals surface area contributed by atoms with Gasteiger partial charge in [-0.15, -0.1) is 0 Å². The maximum atomic E-state index is 5.22. The molecule has 1 N–H and O–H groups in total. The van der Waals surface area contributed by atoms with Gasteiger partial charge in [0.25, 0.3) is 0 Å². The highest BCUT2D eigenvalue weighted by Gasteiger charge is 2.25. The molecule has 4 heteroatoms. The molecule has 1 atom stereocenters. The number of hydrogen-bond donors (Lipinski definition) is 1. The predicted octanol–water partition coefficient (Wildman–Crippen LogP) is 4.12. The van der Waals surface area contributed by atoms with E-state index in [0.29, 0.717) is 5.92 Å². The second-order valence-corrected chi connectivity index (χ2v) is 6.96. The zero-order chi connectivity index (χ0) is 17.8. The molecule has 2 aromatic carbocycles. The van der Waals surface area contributed by atoms with Crippen LogP contribution in [0.5, 0.6) is 5.75 Å². The zero-order valence-corrected chi connectivity index (χ0v) is 15.2. The Hall–Kier alpha value is -2.59. The molecule has 4 nitrogen and oxygen atoms in total. The summed E-state index contributed by atoms with van der Waals surface area (Å²) in [6, 6.07) is 21.0. The Balaban J connectivity index is 1.36. The third-order valence-corrected chi connectivity index (χ3v) is 5.26. The van der Waals surface area contributed by atoms with E-state index in [1.165, 1.54) is 17.7 Å². The van der Waals surface area contributed by atoms with Crippen molar-refractivity contribution in [1.82, 2.24) is 15.1 Å². The number of benzene rings is 2. The normalized spacial score (nSPS) is 17.5. The van der Waals surface area contributed by atoms with Crippen molar-refractivity contribution in [3.8, 4) is 17.0 Å². The van der Waals surface area contributed by atoms with E-state index in [4.69, 9.17) is 4.74 Å². The first-order chi connectivity index (χ1) is 12.8. The summed E-state index contributed by atoms with van der Waals surface area (Å²) in [7, 11) is 1.69. The van der Waals surface area contributed by atoms with Crippen LogP contribution < -0.4 is 4.74 Å². The van der Waals surface area contributed by atoms with Crippen molar-refractivity contribution in [2.45, 2.75) is 18.8 Å². The Morgan fingerprint density at radius 1 is 1.12 bits per heavy atom. The number of nitrogens with one attached hydrogen (secondary N) is 1. The number of aromatic amines is 1. The van der Waals surface area contributed by atoms with Crippen molar-refractivity contribution in [3.63, 3.8) is 0 Å². The lowest BCUT2D eigenvalue weighted by molar-refractivity contribution is 0.338. The van der Waals surface area contributed by atoms with Crippen molar-refractivity contribution in [2.24, 2.45) is 0 Å². The standard InChI is InChI=1S/C22H25N3O/c1-26-20-9-7-18(8-10-20)21-15-22(24-23-21)19-12-14-25(16-19)13-11-17-5-3-2-4-6-17/h2-10,15,19H,11-14,16H2,1H3,(H,23,24). The summed E-state index contributed by atoms with van der Waals surface area (Å²) in [4.78, 5) is 2.56. The molecule has 0 radical (unpaired) electrons. The summed E-state index contributed by atoms with van der Waals surface area (Å²) in [6.07, 6.45) is 2.31. The molecule has 2 heterocycles. The minimum absolute atomic E-state index is 0.547. The average molecular weight is 347 g/mol. The van der Waals surface area contributed by atoms with Gasteiger partial charge < -0.3 is 9.64 Å². The van der Waals surface area contributed by atoms with Crippen molar-refractivity contribution < 1.29 is 4.74 Å². The highest BCUT2D eigenvalue weighted by Crippen LogP contribution is 2.29. The van der Waals surface area contributed by atoms with Crippen molar-refractivity contribution in [3.05, 3.63) is 71.9 Å². The lowest BCUT2D eigenvalue weighted by Crippen LogP contribution is -2.23. The summed E-state index contributed by atoms with van der Waals surface area (Å²) in [5.41, 5.74) is 4.79. The minimum Gasteiger partial charge on any atom is -0.497 e. The van der Waals surface area contributed by atoms with E-state index >= 15 is 0 Å². The molecule has 0 amide bonds. The molecule has 134 valence electrons. The van der Waals surface area contributed by atoms with Gasteiger partial charge in [0.05, 0.1) is 12.8 Å². The van der Waals surface area contributed by atoms with Crippen molar-refractivity contribution in [1.29, 1.82) is 0 Å². The summed E-state index contributed by atoms with van der Waals surface area (Å²) >= 11 is 0. The summed E-state index contributed by atoms with van der Waals surface area (Å²) in [5.74, 6) is 1.42. The third kappa shape index (κ3) is 3.81. The lowest BCUT2D eigenvalue weighted by Gasteiger charge is -2.15. The maximum absolute atomic E-state index is 5.22. The van der Waals surface area contributed by atoms with E-state index in [9.17, 15) is 0 Å². The van der Waals surface area contributed by atoms with E-state index in [2.05, 4.69) is 63.6 Å². The summed E-state index contributed by atoms with van der Waals surface area (Å²) in [6.45, 7) is 3.39. The fourth-order valence-corrected chi connectivity index (χ4v) is 3.68. The van der Waals surface area contributed by atoms with E-state index in [1.54, 1.807) is 7.11 Å². The molecule has 0 bridgehead atoms. The SMILES string of the molecule is COc1ccc(-c2cc(C3CCN(CCc4ccccc4)C3)[nH]n2)cc1. The van der Waals surface area contributed by atoms with Crippen LogP contribution >= 0.6 is 0 Å². The Kier molecular flexibility index (Phi) is 5.02. The molecule has 0 aliphatic carbocycles. The van der Waals surface area contributed by atoms with Crippen molar-refractivity contribution >= 4 is 0 Å². The maximum Gasteiger partial charge on any atom is 0.118 e. The Morgan fingerprint density at radius 2 is 1.92 bits per heavy atom. The number of hydrogen-bond acceptors (Lipinski definition) is 3. The van der Waals surface area contributed by atoms with E-state index in [1.807, 2.05) is 12.1 Å². The van der Waals surface area contributed by atoms with Gasteiger partial charge in [-0.25, -0.2) is 0 Å². The monoisotopic (exact) mass is 347 g/mol. The number of methoxy groups -OCH3 is 1. The number of aromatic nitrogens is 2. The van der Waals surface area contributed by atoms with Crippen LogP contribution in [-0.4, -0.2) is 41.8 Å². The summed E-state index contributed by atoms with van der Waals surface area (Å²) in [5, 5.41) is 7.78. The minimum atomic E-state index is 0.547. The van der Waals surface area contributed by atoms with Gasteiger partial charge in [0.15, 0.2) is 0 Å². The Labute approximate surface area is 154 Å². The van der Waals surface area contributed by atoms with Crippen LogP contribution in [-0.2, 0) is 6.42 Å². The van der Waals surface area contributed by atoms with Gasteiger partial charge in [-0.05, 0) is 55.3 Å². The van der Waals surface area contributed by atoms with Gasteiger partial charge in [0.2, 0.25) is 0 Å². The number of nitrogens with zero attached hydrogens (tertiary/aromatic N) is 2. The molecular formula is C22H25N3O. The number of ether oxygens (including phenoxy) is 1. The fourth-order valence-electron chi connectivity index (χ4n) is 3.68. The van der Waals surface area contributed by atoms with Gasteiger partial charge in [-0.3, -0.25) is 5.10 Å². The molecule has 1 aromatic heterocycles. The van der Waals surface area contributed by atoms with Gasteiger partial charge in [0.1, 0.15) is 5.75 Å². The van der Waals surface area contributed by atoms with Crippen LogP contribution in [0.15, 0.2) is 60.7 Å². The van der Waals surface area contributed by atoms with Crippen LogP contribution in [0, 0.1) is 0 Å². The second kappa shape index (κ2) is 7.75. The predicted molar refractivity (Wildman–Crippen MR) is 105 cm³/mol. The number of likely N-dealkylation sites (tertiary alicyclic amines) is 1. The quantitative estimate of drug-likeness (QED) is 0.729. The van der Waals surface area contributed by atoms with Crippen LogP contribution in [0.2, 0.25) is 0 Å². The van der Waals surface area contributed by atoms with Crippen molar-refractivity contribution in [2.75, 3.05) is 26.7 Å². The fraction of sp³-hybridized carbons (Fsp3) is 0.318. The molecule has 1 fully saturated rings. The van der Waals surface area contributed by atoms with Gasteiger partial charge in [-0.2, -0.15) is 5.10 Å². The molecule has 0 saturated carbocycles. The Morgan fingerprint density at radius 3 is 2.69 bits per heavy atom. The molecule has 26 heavy (non-hydrogen) atoms.